The maximum absolute atomic E-state index is 3.57. The molecule has 0 aliphatic heterocycles. The Morgan fingerprint density at radius 2 is 1.75 bits per heavy atom. The zero-order valence-electron chi connectivity index (χ0n) is 10.7. The van der Waals surface area contributed by atoms with Gasteiger partial charge in [-0.2, -0.15) is 0 Å². The Morgan fingerprint density at radius 1 is 1.19 bits per heavy atom. The first-order chi connectivity index (χ1) is 7.38. The zero-order valence-corrected chi connectivity index (χ0v) is 12.8. The molecule has 0 aliphatic carbocycles. The van der Waals surface area contributed by atoms with Crippen LogP contribution in [0.4, 0.5) is 0 Å². The van der Waals surface area contributed by atoms with Crippen molar-refractivity contribution in [2.75, 3.05) is 6.54 Å². The van der Waals surface area contributed by atoms with Crippen LogP contribution >= 0.6 is 22.6 Å². The summed E-state index contributed by atoms with van der Waals surface area (Å²) < 4.78 is 1.29. The second-order valence-corrected chi connectivity index (χ2v) is 6.78. The minimum absolute atomic E-state index is 0.415. The van der Waals surface area contributed by atoms with Gasteiger partial charge in [0.05, 0.1) is 0 Å². The average molecular weight is 331 g/mol. The van der Waals surface area contributed by atoms with Crippen molar-refractivity contribution < 1.29 is 0 Å². The smallest absolute Gasteiger partial charge is 0.0291 e. The topological polar surface area (TPSA) is 12.0 Å². The molecule has 0 aromatic heterocycles. The van der Waals surface area contributed by atoms with E-state index in [0.717, 1.165) is 6.54 Å². The molecule has 1 unspecified atom stereocenters. The van der Waals surface area contributed by atoms with Crippen molar-refractivity contribution in [3.05, 3.63) is 33.4 Å². The molecule has 0 saturated heterocycles. The van der Waals surface area contributed by atoms with E-state index in [1.807, 2.05) is 0 Å². The van der Waals surface area contributed by atoms with Gasteiger partial charge >= 0.3 is 0 Å². The number of hydrogen-bond acceptors (Lipinski definition) is 1. The largest absolute Gasteiger partial charge is 0.310 e. The van der Waals surface area contributed by atoms with Crippen molar-refractivity contribution >= 4 is 22.6 Å². The fourth-order valence-corrected chi connectivity index (χ4v) is 1.89. The van der Waals surface area contributed by atoms with Crippen LogP contribution in [0.3, 0.4) is 0 Å². The quantitative estimate of drug-likeness (QED) is 0.808. The third-order valence-electron chi connectivity index (χ3n) is 2.70. The van der Waals surface area contributed by atoms with Crippen molar-refractivity contribution in [2.24, 2.45) is 5.41 Å². The highest BCUT2D eigenvalue weighted by Crippen LogP contribution is 2.19. The number of rotatable bonds is 4. The van der Waals surface area contributed by atoms with Gasteiger partial charge < -0.3 is 5.32 Å². The van der Waals surface area contributed by atoms with Gasteiger partial charge in [0.1, 0.15) is 0 Å². The van der Waals surface area contributed by atoms with Gasteiger partial charge in [-0.25, -0.2) is 0 Å². The van der Waals surface area contributed by atoms with Crippen LogP contribution in [0.15, 0.2) is 24.3 Å². The molecular weight excluding hydrogens is 309 g/mol. The summed E-state index contributed by atoms with van der Waals surface area (Å²) >= 11 is 2.34. The minimum atomic E-state index is 0.415. The average Bonchev–Trinajstić information content (AvgIpc) is 2.16. The number of benzene rings is 1. The minimum Gasteiger partial charge on any atom is -0.310 e. The Morgan fingerprint density at radius 3 is 2.25 bits per heavy atom. The number of hydrogen-bond donors (Lipinski definition) is 1. The van der Waals surface area contributed by atoms with Crippen LogP contribution in [0.2, 0.25) is 0 Å². The fourth-order valence-electron chi connectivity index (χ4n) is 1.53. The summed E-state index contributed by atoms with van der Waals surface area (Å²) in [6.45, 7) is 10.2. The normalized spacial score (nSPS) is 13.8. The summed E-state index contributed by atoms with van der Waals surface area (Å²) in [6, 6.07) is 9.18. The Labute approximate surface area is 113 Å². The maximum Gasteiger partial charge on any atom is 0.0291 e. The molecule has 0 heterocycles. The van der Waals surface area contributed by atoms with Crippen LogP contribution in [-0.4, -0.2) is 6.54 Å². The summed E-state index contributed by atoms with van der Waals surface area (Å²) in [7, 11) is 0. The molecule has 1 rings (SSSR count). The molecule has 0 saturated carbocycles. The second kappa shape index (κ2) is 6.01. The van der Waals surface area contributed by atoms with E-state index in [2.05, 4.69) is 79.9 Å². The van der Waals surface area contributed by atoms with Crippen LogP contribution in [-0.2, 0) is 0 Å². The third kappa shape index (κ3) is 5.30. The van der Waals surface area contributed by atoms with Crippen molar-refractivity contribution in [1.82, 2.24) is 5.32 Å². The van der Waals surface area contributed by atoms with Crippen LogP contribution < -0.4 is 5.32 Å². The van der Waals surface area contributed by atoms with Crippen LogP contribution in [0.1, 0.15) is 45.7 Å². The van der Waals surface area contributed by atoms with Crippen LogP contribution in [0.5, 0.6) is 0 Å². The maximum atomic E-state index is 3.57. The summed E-state index contributed by atoms with van der Waals surface area (Å²) in [5.41, 5.74) is 1.79. The molecule has 0 aliphatic rings. The van der Waals surface area contributed by atoms with Gasteiger partial charge in [0.2, 0.25) is 0 Å². The molecule has 0 amide bonds. The molecule has 0 bridgehead atoms. The van der Waals surface area contributed by atoms with E-state index < -0.39 is 0 Å². The van der Waals surface area contributed by atoms with Crippen LogP contribution in [0, 0.1) is 8.99 Å². The van der Waals surface area contributed by atoms with Crippen molar-refractivity contribution in [3.63, 3.8) is 0 Å². The first-order valence-corrected chi connectivity index (χ1v) is 6.95. The lowest BCUT2D eigenvalue weighted by Gasteiger charge is -2.21. The Hall–Kier alpha value is -0.0900. The molecule has 1 aromatic rings. The van der Waals surface area contributed by atoms with Gasteiger partial charge in [-0.15, -0.1) is 0 Å². The molecular formula is C14H22IN. The second-order valence-electron chi connectivity index (χ2n) is 5.54. The molecule has 1 atom stereocenters. The predicted molar refractivity (Wildman–Crippen MR) is 79.6 cm³/mol. The molecule has 2 heteroatoms. The molecule has 1 nitrogen and oxygen atoms in total. The fraction of sp³-hybridized carbons (Fsp3) is 0.571. The van der Waals surface area contributed by atoms with E-state index in [4.69, 9.17) is 0 Å². The molecule has 0 fully saturated rings. The zero-order chi connectivity index (χ0) is 12.2. The molecule has 0 radical (unpaired) electrons. The molecule has 1 aromatic carbocycles. The van der Waals surface area contributed by atoms with E-state index in [1.54, 1.807) is 0 Å². The van der Waals surface area contributed by atoms with E-state index in [1.165, 1.54) is 15.6 Å². The monoisotopic (exact) mass is 331 g/mol. The van der Waals surface area contributed by atoms with Gasteiger partial charge in [0.25, 0.3) is 0 Å². The molecule has 90 valence electrons. The molecule has 1 N–H and O–H groups in total. The number of halogens is 1. The lowest BCUT2D eigenvalue weighted by atomic mass is 9.92. The lowest BCUT2D eigenvalue weighted by Crippen LogP contribution is -2.23. The first-order valence-electron chi connectivity index (χ1n) is 5.87. The van der Waals surface area contributed by atoms with Gasteiger partial charge in [0, 0.05) is 9.61 Å². The molecule has 0 spiro atoms. The highest BCUT2D eigenvalue weighted by molar-refractivity contribution is 14.1. The van der Waals surface area contributed by atoms with E-state index in [9.17, 15) is 0 Å². The highest BCUT2D eigenvalue weighted by Gasteiger charge is 2.10. The van der Waals surface area contributed by atoms with Gasteiger partial charge in [0.15, 0.2) is 0 Å². The Balaban J connectivity index is 2.41. The predicted octanol–water partition coefficient (Wildman–Crippen LogP) is 4.38. The van der Waals surface area contributed by atoms with Crippen molar-refractivity contribution in [1.29, 1.82) is 0 Å². The van der Waals surface area contributed by atoms with Gasteiger partial charge in [-0.3, -0.25) is 0 Å². The molecule has 16 heavy (non-hydrogen) atoms. The van der Waals surface area contributed by atoms with E-state index >= 15 is 0 Å². The lowest BCUT2D eigenvalue weighted by molar-refractivity contribution is 0.358. The van der Waals surface area contributed by atoms with Crippen molar-refractivity contribution in [2.45, 2.75) is 40.2 Å². The summed E-state index contributed by atoms with van der Waals surface area (Å²) in [4.78, 5) is 0. The van der Waals surface area contributed by atoms with Gasteiger partial charge in [-0.05, 0) is 65.6 Å². The van der Waals surface area contributed by atoms with Crippen LogP contribution in [0.25, 0.3) is 0 Å². The first kappa shape index (κ1) is 14.0. The van der Waals surface area contributed by atoms with Crippen molar-refractivity contribution in [3.8, 4) is 0 Å². The standard InChI is InChI=1S/C14H22IN/c1-11(16-10-9-14(2,3)4)12-5-7-13(15)8-6-12/h5-8,11,16H,9-10H2,1-4H3. The number of nitrogens with one attached hydrogen (secondary N) is 1. The summed E-state index contributed by atoms with van der Waals surface area (Å²) in [5.74, 6) is 0. The Kier molecular flexibility index (Phi) is 5.25. The summed E-state index contributed by atoms with van der Waals surface area (Å²) in [6.07, 6.45) is 1.21. The highest BCUT2D eigenvalue weighted by atomic mass is 127. The van der Waals surface area contributed by atoms with E-state index in [0.29, 0.717) is 11.5 Å². The van der Waals surface area contributed by atoms with E-state index in [-0.39, 0.29) is 0 Å². The third-order valence-corrected chi connectivity index (χ3v) is 3.41. The SMILES string of the molecule is CC(NCCC(C)(C)C)c1ccc(I)cc1. The van der Waals surface area contributed by atoms with Gasteiger partial charge in [-0.1, -0.05) is 32.9 Å². The Bertz CT molecular complexity index is 311. The summed E-state index contributed by atoms with van der Waals surface area (Å²) in [5, 5.41) is 3.57.